The number of anilines is 1. The molecule has 1 aliphatic heterocycles. The van der Waals surface area contributed by atoms with Gasteiger partial charge in [0.15, 0.2) is 0 Å². The molecule has 1 aliphatic rings. The van der Waals surface area contributed by atoms with Crippen molar-refractivity contribution in [3.8, 4) is 0 Å². The Kier molecular flexibility index (Phi) is 4.47. The van der Waals surface area contributed by atoms with Gasteiger partial charge in [-0.1, -0.05) is 18.6 Å². The molecular formula is C13H18N2O2S. The van der Waals surface area contributed by atoms with E-state index in [-0.39, 0.29) is 10.6 Å². The van der Waals surface area contributed by atoms with Crippen molar-refractivity contribution < 1.29 is 4.92 Å². The highest BCUT2D eigenvalue weighted by Crippen LogP contribution is 2.30. The van der Waals surface area contributed by atoms with Crippen molar-refractivity contribution in [2.75, 3.05) is 17.6 Å². The molecular weight excluding hydrogens is 248 g/mol. The topological polar surface area (TPSA) is 55.2 Å². The van der Waals surface area contributed by atoms with Gasteiger partial charge in [-0.05, 0) is 31.1 Å². The lowest BCUT2D eigenvalue weighted by Gasteiger charge is -2.22. The summed E-state index contributed by atoms with van der Waals surface area (Å²) in [7, 11) is 0. The molecule has 0 aliphatic carbocycles. The maximum Gasteiger partial charge on any atom is 0.292 e. The molecule has 1 heterocycles. The lowest BCUT2D eigenvalue weighted by molar-refractivity contribution is -0.384. The summed E-state index contributed by atoms with van der Waals surface area (Å²) < 4.78 is 0. The zero-order valence-electron chi connectivity index (χ0n) is 10.5. The van der Waals surface area contributed by atoms with Crippen LogP contribution in [0.3, 0.4) is 0 Å². The summed E-state index contributed by atoms with van der Waals surface area (Å²) in [5.74, 6) is 1.21. The number of hydrogen-bond donors (Lipinski definition) is 1. The fraction of sp³-hybridized carbons (Fsp3) is 0.538. The fourth-order valence-electron chi connectivity index (χ4n) is 2.22. The molecule has 1 unspecified atom stereocenters. The number of rotatable bonds is 4. The first kappa shape index (κ1) is 13.2. The third-order valence-electron chi connectivity index (χ3n) is 3.23. The standard InChI is InChI=1S/C13H18N2O2S/c1-10-5-4-7-12(15(16)17)13(10)14-9-11-6-2-3-8-18-11/h4-5,7,11,14H,2-3,6,8-9H2,1H3. The maximum atomic E-state index is 11.0. The quantitative estimate of drug-likeness (QED) is 0.668. The highest BCUT2D eigenvalue weighted by molar-refractivity contribution is 7.99. The largest absolute Gasteiger partial charge is 0.378 e. The smallest absolute Gasteiger partial charge is 0.292 e. The first-order valence-corrected chi connectivity index (χ1v) is 7.33. The van der Waals surface area contributed by atoms with E-state index in [1.54, 1.807) is 12.1 Å². The number of nitrogens with one attached hydrogen (secondary N) is 1. The number of benzene rings is 1. The predicted molar refractivity (Wildman–Crippen MR) is 76.4 cm³/mol. The van der Waals surface area contributed by atoms with Crippen LogP contribution in [0, 0.1) is 17.0 Å². The highest BCUT2D eigenvalue weighted by Gasteiger charge is 2.18. The van der Waals surface area contributed by atoms with E-state index < -0.39 is 0 Å². The Morgan fingerprint density at radius 1 is 1.50 bits per heavy atom. The van der Waals surface area contributed by atoms with E-state index in [1.165, 1.54) is 25.0 Å². The Morgan fingerprint density at radius 3 is 3.00 bits per heavy atom. The van der Waals surface area contributed by atoms with Gasteiger partial charge in [-0.25, -0.2) is 0 Å². The molecule has 1 saturated heterocycles. The molecule has 0 saturated carbocycles. The zero-order valence-corrected chi connectivity index (χ0v) is 11.3. The lowest BCUT2D eigenvalue weighted by atomic mass is 10.1. The number of nitrogens with zero attached hydrogens (tertiary/aromatic N) is 1. The van der Waals surface area contributed by atoms with Crippen molar-refractivity contribution in [3.63, 3.8) is 0 Å². The van der Waals surface area contributed by atoms with E-state index >= 15 is 0 Å². The van der Waals surface area contributed by atoms with Crippen LogP contribution in [0.4, 0.5) is 11.4 Å². The Bertz CT molecular complexity index is 431. The van der Waals surface area contributed by atoms with Gasteiger partial charge in [-0.15, -0.1) is 0 Å². The number of para-hydroxylation sites is 1. The van der Waals surface area contributed by atoms with Crippen molar-refractivity contribution in [1.29, 1.82) is 0 Å². The molecule has 0 amide bonds. The molecule has 1 aromatic carbocycles. The third kappa shape index (κ3) is 3.16. The number of thioether (sulfide) groups is 1. The molecule has 1 aromatic rings. The van der Waals surface area contributed by atoms with E-state index in [2.05, 4.69) is 5.32 Å². The van der Waals surface area contributed by atoms with Gasteiger partial charge in [0.1, 0.15) is 5.69 Å². The van der Waals surface area contributed by atoms with Crippen molar-refractivity contribution >= 4 is 23.1 Å². The molecule has 98 valence electrons. The number of nitro benzene ring substituents is 1. The second-order valence-corrected chi connectivity index (χ2v) is 6.00. The summed E-state index contributed by atoms with van der Waals surface area (Å²) in [6.07, 6.45) is 3.78. The predicted octanol–water partition coefficient (Wildman–Crippen LogP) is 3.60. The summed E-state index contributed by atoms with van der Waals surface area (Å²) in [5.41, 5.74) is 1.79. The Morgan fingerprint density at radius 2 is 2.33 bits per heavy atom. The molecule has 0 spiro atoms. The van der Waals surface area contributed by atoms with Crippen LogP contribution in [0.1, 0.15) is 24.8 Å². The van der Waals surface area contributed by atoms with E-state index in [4.69, 9.17) is 0 Å². The minimum atomic E-state index is -0.316. The summed E-state index contributed by atoms with van der Waals surface area (Å²) >= 11 is 1.97. The normalized spacial score (nSPS) is 19.5. The van der Waals surface area contributed by atoms with Crippen LogP contribution in [-0.4, -0.2) is 22.5 Å². The van der Waals surface area contributed by atoms with E-state index in [1.807, 2.05) is 24.8 Å². The Hall–Kier alpha value is -1.23. The molecule has 18 heavy (non-hydrogen) atoms. The van der Waals surface area contributed by atoms with Crippen LogP contribution < -0.4 is 5.32 Å². The van der Waals surface area contributed by atoms with Crippen LogP contribution >= 0.6 is 11.8 Å². The highest BCUT2D eigenvalue weighted by atomic mass is 32.2. The van der Waals surface area contributed by atoms with Crippen LogP contribution in [0.2, 0.25) is 0 Å². The van der Waals surface area contributed by atoms with Crippen molar-refractivity contribution in [2.24, 2.45) is 0 Å². The minimum absolute atomic E-state index is 0.177. The summed E-state index contributed by atoms with van der Waals surface area (Å²) in [6, 6.07) is 5.20. The van der Waals surface area contributed by atoms with Gasteiger partial charge in [0, 0.05) is 17.9 Å². The summed E-state index contributed by atoms with van der Waals surface area (Å²) in [4.78, 5) is 10.7. The lowest BCUT2D eigenvalue weighted by Crippen LogP contribution is -2.20. The van der Waals surface area contributed by atoms with E-state index in [0.717, 1.165) is 12.1 Å². The van der Waals surface area contributed by atoms with Gasteiger partial charge in [0.2, 0.25) is 0 Å². The molecule has 0 bridgehead atoms. The third-order valence-corrected chi connectivity index (χ3v) is 4.63. The Balaban J connectivity index is 2.05. The van der Waals surface area contributed by atoms with E-state index in [9.17, 15) is 10.1 Å². The molecule has 1 fully saturated rings. The van der Waals surface area contributed by atoms with Crippen LogP contribution in [0.15, 0.2) is 18.2 Å². The summed E-state index contributed by atoms with van der Waals surface area (Å²) in [5, 5.41) is 14.8. The molecule has 2 rings (SSSR count). The monoisotopic (exact) mass is 266 g/mol. The fourth-order valence-corrected chi connectivity index (χ4v) is 3.46. The van der Waals surface area contributed by atoms with Crippen molar-refractivity contribution in [1.82, 2.24) is 0 Å². The van der Waals surface area contributed by atoms with Crippen LogP contribution in [0.5, 0.6) is 0 Å². The van der Waals surface area contributed by atoms with Gasteiger partial charge >= 0.3 is 0 Å². The molecule has 0 radical (unpaired) electrons. The van der Waals surface area contributed by atoms with Gasteiger partial charge in [-0.2, -0.15) is 11.8 Å². The number of hydrogen-bond acceptors (Lipinski definition) is 4. The molecule has 1 atom stereocenters. The van der Waals surface area contributed by atoms with Crippen LogP contribution in [-0.2, 0) is 0 Å². The molecule has 4 nitrogen and oxygen atoms in total. The number of nitro groups is 1. The van der Waals surface area contributed by atoms with Gasteiger partial charge in [0.25, 0.3) is 5.69 Å². The average Bonchev–Trinajstić information content (AvgIpc) is 2.38. The molecule has 0 aromatic heterocycles. The summed E-state index contributed by atoms with van der Waals surface area (Å²) in [6.45, 7) is 2.72. The van der Waals surface area contributed by atoms with Crippen molar-refractivity contribution in [3.05, 3.63) is 33.9 Å². The maximum absolute atomic E-state index is 11.0. The molecule has 5 heteroatoms. The number of aryl methyl sites for hydroxylation is 1. The van der Waals surface area contributed by atoms with Gasteiger partial charge < -0.3 is 5.32 Å². The first-order valence-electron chi connectivity index (χ1n) is 6.28. The average molecular weight is 266 g/mol. The second-order valence-electron chi connectivity index (χ2n) is 4.60. The second kappa shape index (κ2) is 6.09. The first-order chi connectivity index (χ1) is 8.68. The Labute approximate surface area is 111 Å². The van der Waals surface area contributed by atoms with E-state index in [0.29, 0.717) is 10.9 Å². The SMILES string of the molecule is Cc1cccc([N+](=O)[O-])c1NCC1CCCCS1. The van der Waals surface area contributed by atoms with Crippen LogP contribution in [0.25, 0.3) is 0 Å². The molecule has 1 N–H and O–H groups in total. The van der Waals surface area contributed by atoms with Gasteiger partial charge in [0.05, 0.1) is 4.92 Å². The zero-order chi connectivity index (χ0) is 13.0. The minimum Gasteiger partial charge on any atom is -0.378 e. The van der Waals surface area contributed by atoms with Crippen molar-refractivity contribution in [2.45, 2.75) is 31.4 Å². The van der Waals surface area contributed by atoms with Gasteiger partial charge in [-0.3, -0.25) is 10.1 Å².